The van der Waals surface area contributed by atoms with Crippen molar-refractivity contribution in [3.05, 3.63) is 43.8 Å². The summed E-state index contributed by atoms with van der Waals surface area (Å²) in [5.74, 6) is 1.20. The molecule has 6 heteroatoms. The van der Waals surface area contributed by atoms with Crippen LogP contribution in [-0.2, 0) is 0 Å². The molecule has 0 aliphatic heterocycles. The third-order valence-electron chi connectivity index (χ3n) is 1.65. The Labute approximate surface area is 119 Å². The second-order valence-corrected chi connectivity index (χ2v) is 5.31. The number of aromatic hydroxyl groups is 1. The number of imidazole rings is 1. The smallest absolute Gasteiger partial charge is 0.130 e. The number of hydrogen-bond acceptors (Lipinski definition) is 2. The number of aromatic nitrogens is 2. The summed E-state index contributed by atoms with van der Waals surface area (Å²) in [5.41, 5.74) is 0. The molecule has 1 heterocycles. The van der Waals surface area contributed by atoms with Crippen LogP contribution in [0.1, 0.15) is 5.82 Å². The molecule has 0 saturated carbocycles. The van der Waals surface area contributed by atoms with Crippen molar-refractivity contribution in [2.75, 3.05) is 0 Å². The fourth-order valence-corrected chi connectivity index (χ4v) is 2.14. The van der Waals surface area contributed by atoms with Gasteiger partial charge in [-0.05, 0) is 66.8 Å². The Balaban J connectivity index is 0.000000181. The van der Waals surface area contributed by atoms with Gasteiger partial charge < -0.3 is 10.1 Å². The van der Waals surface area contributed by atoms with E-state index in [-0.39, 0.29) is 5.75 Å². The average molecular weight is 413 g/mol. The number of nitrogens with one attached hydrogen (secondary N) is 1. The van der Waals surface area contributed by atoms with Crippen molar-refractivity contribution in [3.8, 4) is 5.75 Å². The molecule has 0 aliphatic carbocycles. The van der Waals surface area contributed by atoms with Crippen molar-refractivity contribution >= 4 is 47.8 Å². The van der Waals surface area contributed by atoms with Crippen LogP contribution in [-0.4, -0.2) is 15.1 Å². The van der Waals surface area contributed by atoms with Crippen LogP contribution >= 0.6 is 47.8 Å². The standard InChI is InChI=1S/C6H3Br3O.C4H6N2/c7-3-1-2-4(10)6(9)5(3)8;1-4-5-2-3-6-4/h1-2,10H;2-3H,1H3,(H,5,6). The third kappa shape index (κ3) is 3.92. The van der Waals surface area contributed by atoms with Crippen LogP contribution in [0.25, 0.3) is 0 Å². The molecule has 0 radical (unpaired) electrons. The van der Waals surface area contributed by atoms with Crippen molar-refractivity contribution in [3.63, 3.8) is 0 Å². The first kappa shape index (κ1) is 13.7. The quantitative estimate of drug-likeness (QED) is 0.630. The monoisotopic (exact) mass is 410 g/mol. The number of aryl methyl sites for hydroxylation is 1. The average Bonchev–Trinajstić information content (AvgIpc) is 2.73. The highest BCUT2D eigenvalue weighted by atomic mass is 79.9. The molecule has 2 aromatic rings. The van der Waals surface area contributed by atoms with Crippen LogP contribution in [0.2, 0.25) is 0 Å². The molecule has 0 atom stereocenters. The zero-order valence-electron chi connectivity index (χ0n) is 8.34. The van der Waals surface area contributed by atoms with E-state index in [9.17, 15) is 0 Å². The molecule has 16 heavy (non-hydrogen) atoms. The molecule has 1 aromatic heterocycles. The molecular weight excluding hydrogens is 404 g/mol. The minimum absolute atomic E-state index is 0.232. The molecule has 3 nitrogen and oxygen atoms in total. The first-order valence-corrected chi connectivity index (χ1v) is 6.68. The number of rotatable bonds is 0. The van der Waals surface area contributed by atoms with E-state index in [1.54, 1.807) is 24.5 Å². The van der Waals surface area contributed by atoms with E-state index < -0.39 is 0 Å². The second-order valence-electron chi connectivity index (χ2n) is 2.87. The molecule has 0 bridgehead atoms. The Morgan fingerprint density at radius 1 is 1.19 bits per heavy atom. The van der Waals surface area contributed by atoms with Gasteiger partial charge in [-0.25, -0.2) is 4.98 Å². The van der Waals surface area contributed by atoms with Crippen molar-refractivity contribution in [2.24, 2.45) is 0 Å². The van der Waals surface area contributed by atoms with Gasteiger partial charge in [0.2, 0.25) is 0 Å². The molecule has 0 unspecified atom stereocenters. The lowest BCUT2D eigenvalue weighted by Gasteiger charge is -2.00. The topological polar surface area (TPSA) is 48.9 Å². The van der Waals surface area contributed by atoms with Gasteiger partial charge >= 0.3 is 0 Å². The molecule has 0 spiro atoms. The summed E-state index contributed by atoms with van der Waals surface area (Å²) in [4.78, 5) is 6.75. The van der Waals surface area contributed by atoms with E-state index in [0.717, 1.165) is 14.8 Å². The number of benzene rings is 1. The summed E-state index contributed by atoms with van der Waals surface area (Å²) in [6.07, 6.45) is 3.53. The van der Waals surface area contributed by atoms with Crippen molar-refractivity contribution < 1.29 is 5.11 Å². The number of H-pyrrole nitrogens is 1. The van der Waals surface area contributed by atoms with E-state index in [4.69, 9.17) is 5.11 Å². The highest BCUT2D eigenvalue weighted by molar-refractivity contribution is 9.14. The minimum atomic E-state index is 0.232. The Bertz CT molecular complexity index is 430. The van der Waals surface area contributed by atoms with Gasteiger partial charge in [0.25, 0.3) is 0 Å². The second kappa shape index (κ2) is 6.42. The van der Waals surface area contributed by atoms with E-state index in [0.29, 0.717) is 4.47 Å². The fraction of sp³-hybridized carbons (Fsp3) is 0.100. The predicted molar refractivity (Wildman–Crippen MR) is 74.5 cm³/mol. The summed E-state index contributed by atoms with van der Waals surface area (Å²) in [7, 11) is 0. The molecule has 86 valence electrons. The lowest BCUT2D eigenvalue weighted by atomic mass is 10.3. The SMILES string of the molecule is Cc1ncc[nH]1.Oc1ccc(Br)c(Br)c1Br. The minimum Gasteiger partial charge on any atom is -0.507 e. The third-order valence-corrected chi connectivity index (χ3v) is 5.00. The summed E-state index contributed by atoms with van der Waals surface area (Å²) in [6, 6.07) is 3.38. The van der Waals surface area contributed by atoms with Gasteiger partial charge in [0.1, 0.15) is 11.6 Å². The summed E-state index contributed by atoms with van der Waals surface area (Å²) < 4.78 is 2.41. The molecule has 0 saturated heterocycles. The highest BCUT2D eigenvalue weighted by Crippen LogP contribution is 2.36. The first-order valence-electron chi connectivity index (χ1n) is 4.31. The first-order chi connectivity index (χ1) is 7.52. The van der Waals surface area contributed by atoms with Gasteiger partial charge in [-0.15, -0.1) is 0 Å². The normalized spacial score (nSPS) is 9.50. The summed E-state index contributed by atoms with van der Waals surface area (Å²) in [5, 5.41) is 9.13. The van der Waals surface area contributed by atoms with Gasteiger partial charge in [0, 0.05) is 21.3 Å². The Kier molecular flexibility index (Phi) is 5.51. The molecular formula is C10H9Br3N2O. The number of nitrogens with zero attached hydrogens (tertiary/aromatic N) is 1. The number of hydrogen-bond donors (Lipinski definition) is 2. The molecule has 2 rings (SSSR count). The maximum absolute atomic E-state index is 9.13. The Morgan fingerprint density at radius 3 is 2.25 bits per heavy atom. The Hall–Kier alpha value is -0.330. The maximum Gasteiger partial charge on any atom is 0.130 e. The lowest BCUT2D eigenvalue weighted by Crippen LogP contribution is -1.72. The van der Waals surface area contributed by atoms with Gasteiger partial charge in [-0.1, -0.05) is 0 Å². The van der Waals surface area contributed by atoms with Crippen LogP contribution in [0.15, 0.2) is 37.9 Å². The number of phenols is 1. The van der Waals surface area contributed by atoms with Crippen LogP contribution in [0.3, 0.4) is 0 Å². The molecule has 0 fully saturated rings. The Morgan fingerprint density at radius 2 is 1.88 bits per heavy atom. The molecule has 2 N–H and O–H groups in total. The van der Waals surface area contributed by atoms with Crippen molar-refractivity contribution in [1.29, 1.82) is 0 Å². The molecule has 0 aliphatic rings. The van der Waals surface area contributed by atoms with Gasteiger partial charge in [0.15, 0.2) is 0 Å². The summed E-state index contributed by atoms with van der Waals surface area (Å²) in [6.45, 7) is 1.92. The van der Waals surface area contributed by atoms with Crippen LogP contribution in [0, 0.1) is 6.92 Å². The molecule has 0 amide bonds. The van der Waals surface area contributed by atoms with Gasteiger partial charge in [-0.2, -0.15) is 0 Å². The lowest BCUT2D eigenvalue weighted by molar-refractivity contribution is 0.471. The summed E-state index contributed by atoms with van der Waals surface area (Å²) >= 11 is 9.77. The molecule has 1 aromatic carbocycles. The van der Waals surface area contributed by atoms with E-state index in [1.807, 2.05) is 6.92 Å². The maximum atomic E-state index is 9.13. The largest absolute Gasteiger partial charge is 0.507 e. The number of halogens is 3. The van der Waals surface area contributed by atoms with E-state index >= 15 is 0 Å². The zero-order valence-corrected chi connectivity index (χ0v) is 13.1. The van der Waals surface area contributed by atoms with E-state index in [1.165, 1.54) is 0 Å². The highest BCUT2D eigenvalue weighted by Gasteiger charge is 2.04. The van der Waals surface area contributed by atoms with Crippen LogP contribution < -0.4 is 0 Å². The van der Waals surface area contributed by atoms with Crippen LogP contribution in [0.4, 0.5) is 0 Å². The van der Waals surface area contributed by atoms with Gasteiger partial charge in [0.05, 0.1) is 4.47 Å². The number of aromatic amines is 1. The van der Waals surface area contributed by atoms with Crippen molar-refractivity contribution in [1.82, 2.24) is 9.97 Å². The van der Waals surface area contributed by atoms with Gasteiger partial charge in [-0.3, -0.25) is 0 Å². The zero-order chi connectivity index (χ0) is 12.1. The number of phenolic OH excluding ortho intramolecular Hbond substituents is 1. The fourth-order valence-electron chi connectivity index (χ4n) is 0.860. The predicted octanol–water partition coefficient (Wildman–Crippen LogP) is 4.40. The van der Waals surface area contributed by atoms with E-state index in [2.05, 4.69) is 57.8 Å². The van der Waals surface area contributed by atoms with Crippen molar-refractivity contribution in [2.45, 2.75) is 6.92 Å². The van der Waals surface area contributed by atoms with Crippen LogP contribution in [0.5, 0.6) is 5.75 Å².